The maximum Gasteiger partial charge on any atom is 0.410 e. The zero-order valence-corrected chi connectivity index (χ0v) is 15.2. The van der Waals surface area contributed by atoms with E-state index in [1.54, 1.807) is 11.6 Å². The molecule has 0 aromatic heterocycles. The van der Waals surface area contributed by atoms with Gasteiger partial charge in [-0.2, -0.15) is 13.2 Å². The molecule has 0 spiro atoms. The Morgan fingerprint density at radius 1 is 1.04 bits per heavy atom. The smallest absolute Gasteiger partial charge is 0.410 e. The van der Waals surface area contributed by atoms with Crippen LogP contribution in [0, 0.1) is 6.92 Å². The number of sulfonamides is 1. The fraction of sp³-hybridized carbons (Fsp3) is 0.167. The summed E-state index contributed by atoms with van der Waals surface area (Å²) in [7, 11) is -2.95. The van der Waals surface area contributed by atoms with Crippen LogP contribution in [0.25, 0.3) is 5.57 Å². The normalized spacial score (nSPS) is 12.6. The average molecular weight is 399 g/mol. The molecule has 0 aliphatic carbocycles. The molecule has 0 radical (unpaired) electrons. The van der Waals surface area contributed by atoms with Gasteiger partial charge in [0.2, 0.25) is 0 Å². The monoisotopic (exact) mass is 399 g/mol. The van der Waals surface area contributed by atoms with Crippen molar-refractivity contribution in [3.8, 4) is 5.75 Å². The van der Waals surface area contributed by atoms with Crippen molar-refractivity contribution in [3.63, 3.8) is 0 Å². The first-order valence-corrected chi connectivity index (χ1v) is 9.08. The van der Waals surface area contributed by atoms with Crippen LogP contribution < -0.4 is 9.46 Å². The number of allylic oxidation sites excluding steroid dienone is 1. The third-order valence-electron chi connectivity index (χ3n) is 3.51. The summed E-state index contributed by atoms with van der Waals surface area (Å²) in [4.78, 5) is 12.1. The molecule has 2 aromatic rings. The van der Waals surface area contributed by atoms with Crippen LogP contribution in [0.15, 0.2) is 59.5 Å². The van der Waals surface area contributed by atoms with Crippen LogP contribution in [0.2, 0.25) is 0 Å². The Labute approximate surface area is 154 Å². The molecule has 9 heteroatoms. The van der Waals surface area contributed by atoms with Gasteiger partial charge in [-0.1, -0.05) is 29.8 Å². The molecular formula is C18H16F3NO4S. The lowest BCUT2D eigenvalue weighted by Crippen LogP contribution is -2.31. The van der Waals surface area contributed by atoms with Gasteiger partial charge in [-0.05, 0) is 36.8 Å². The lowest BCUT2D eigenvalue weighted by Gasteiger charge is -2.12. The van der Waals surface area contributed by atoms with Crippen LogP contribution in [-0.2, 0) is 14.8 Å². The van der Waals surface area contributed by atoms with Crippen LogP contribution >= 0.6 is 0 Å². The highest BCUT2D eigenvalue weighted by Gasteiger charge is 2.29. The fourth-order valence-electron chi connectivity index (χ4n) is 2.17. The first-order chi connectivity index (χ1) is 12.5. The molecule has 0 unspecified atom stereocenters. The number of hydrogen-bond donors (Lipinski definition) is 1. The molecule has 0 bridgehead atoms. The minimum atomic E-state index is -4.82. The number of amides is 1. The molecule has 1 N–H and O–H groups in total. The minimum absolute atomic E-state index is 0.107. The highest BCUT2D eigenvalue weighted by Crippen LogP contribution is 2.26. The Bertz CT molecular complexity index is 948. The highest BCUT2D eigenvalue weighted by molar-refractivity contribution is 7.90. The Kier molecular flexibility index (Phi) is 5.94. The summed E-state index contributed by atoms with van der Waals surface area (Å²) in [5.41, 5.74) is -0.151. The number of aryl methyl sites for hydroxylation is 1. The largest absolute Gasteiger partial charge is 0.497 e. The maximum atomic E-state index is 12.9. The van der Waals surface area contributed by atoms with Gasteiger partial charge in [-0.25, -0.2) is 13.1 Å². The lowest BCUT2D eigenvalue weighted by molar-refractivity contribution is -0.114. The third kappa shape index (κ3) is 5.58. The number of methoxy groups -OCH3 is 1. The van der Waals surface area contributed by atoms with Crippen LogP contribution in [0.3, 0.4) is 0 Å². The number of benzene rings is 2. The maximum absolute atomic E-state index is 12.9. The summed E-state index contributed by atoms with van der Waals surface area (Å²) >= 11 is 0. The van der Waals surface area contributed by atoms with E-state index in [9.17, 15) is 26.4 Å². The number of ether oxygens (including phenoxy) is 1. The molecule has 0 aliphatic rings. The van der Waals surface area contributed by atoms with Crippen molar-refractivity contribution in [2.75, 3.05) is 7.11 Å². The third-order valence-corrected chi connectivity index (χ3v) is 4.86. The highest BCUT2D eigenvalue weighted by atomic mass is 32.2. The Hall–Kier alpha value is -2.81. The number of hydrogen-bond acceptors (Lipinski definition) is 4. The molecule has 0 atom stereocenters. The standard InChI is InChI=1S/C18H16F3NO4S/c1-12-3-9-15(10-4-12)27(24,25)22-17(23)16(11-18(19,20)21)13-5-7-14(26-2)8-6-13/h3-11H,1-2H3,(H,22,23)/b16-11-. The molecule has 0 heterocycles. The molecule has 144 valence electrons. The van der Waals surface area contributed by atoms with Crippen molar-refractivity contribution < 1.29 is 31.1 Å². The second kappa shape index (κ2) is 7.83. The molecule has 0 saturated heterocycles. The Balaban J connectivity index is 2.39. The van der Waals surface area contributed by atoms with E-state index in [2.05, 4.69) is 0 Å². The van der Waals surface area contributed by atoms with Gasteiger partial charge in [0.05, 0.1) is 17.6 Å². The molecule has 2 rings (SSSR count). The zero-order valence-electron chi connectivity index (χ0n) is 14.4. The molecule has 27 heavy (non-hydrogen) atoms. The SMILES string of the molecule is COc1ccc(/C(=C/C(F)(F)F)C(=O)NS(=O)(=O)c2ccc(C)cc2)cc1. The molecular weight excluding hydrogens is 383 g/mol. The summed E-state index contributed by atoms with van der Waals surface area (Å²) in [6.45, 7) is 1.74. The summed E-state index contributed by atoms with van der Waals surface area (Å²) in [5.74, 6) is -1.02. The van der Waals surface area contributed by atoms with Gasteiger partial charge in [-0.15, -0.1) is 0 Å². The number of halogens is 3. The lowest BCUT2D eigenvalue weighted by atomic mass is 10.0. The van der Waals surface area contributed by atoms with E-state index in [0.29, 0.717) is 5.75 Å². The molecule has 0 saturated carbocycles. The fourth-order valence-corrected chi connectivity index (χ4v) is 3.13. The Morgan fingerprint density at radius 3 is 2.07 bits per heavy atom. The van der Waals surface area contributed by atoms with Crippen molar-refractivity contribution in [1.29, 1.82) is 0 Å². The number of rotatable bonds is 5. The van der Waals surface area contributed by atoms with Crippen molar-refractivity contribution in [3.05, 3.63) is 65.7 Å². The number of carbonyl (C=O) groups is 1. The summed E-state index contributed by atoms with van der Waals surface area (Å²) in [6, 6.07) is 10.7. The van der Waals surface area contributed by atoms with Gasteiger partial charge in [-0.3, -0.25) is 4.79 Å². The minimum Gasteiger partial charge on any atom is -0.497 e. The van der Waals surface area contributed by atoms with Gasteiger partial charge in [0.15, 0.2) is 0 Å². The predicted octanol–water partition coefficient (Wildman–Crippen LogP) is 3.45. The zero-order chi connectivity index (χ0) is 20.2. The number of carbonyl (C=O) groups excluding carboxylic acids is 1. The summed E-state index contributed by atoms with van der Waals surface area (Å²) in [6.07, 6.45) is -5.06. The molecule has 5 nitrogen and oxygen atoms in total. The van der Waals surface area contributed by atoms with Gasteiger partial charge in [0.25, 0.3) is 15.9 Å². The van der Waals surface area contributed by atoms with E-state index in [0.717, 1.165) is 5.56 Å². The van der Waals surface area contributed by atoms with Crippen LogP contribution in [-0.4, -0.2) is 27.6 Å². The van der Waals surface area contributed by atoms with Gasteiger partial charge < -0.3 is 4.74 Å². The van der Waals surface area contributed by atoms with E-state index in [1.165, 1.54) is 55.6 Å². The van der Waals surface area contributed by atoms with Crippen molar-refractivity contribution >= 4 is 21.5 Å². The summed E-state index contributed by atoms with van der Waals surface area (Å²) in [5, 5.41) is 0. The van der Waals surface area contributed by atoms with E-state index < -0.39 is 27.7 Å². The van der Waals surface area contributed by atoms with Crippen molar-refractivity contribution in [1.82, 2.24) is 4.72 Å². The van der Waals surface area contributed by atoms with E-state index >= 15 is 0 Å². The van der Waals surface area contributed by atoms with E-state index in [4.69, 9.17) is 4.74 Å². The molecule has 1 amide bonds. The number of nitrogens with one attached hydrogen (secondary N) is 1. The second-order valence-electron chi connectivity index (χ2n) is 5.58. The van der Waals surface area contributed by atoms with Crippen molar-refractivity contribution in [2.45, 2.75) is 18.0 Å². The molecule has 0 aliphatic heterocycles. The van der Waals surface area contributed by atoms with E-state index in [-0.39, 0.29) is 16.5 Å². The quantitative estimate of drug-likeness (QED) is 0.782. The second-order valence-corrected chi connectivity index (χ2v) is 7.26. The van der Waals surface area contributed by atoms with Gasteiger partial charge in [0, 0.05) is 6.08 Å². The van der Waals surface area contributed by atoms with Crippen LogP contribution in [0.4, 0.5) is 13.2 Å². The Morgan fingerprint density at radius 2 is 1.59 bits per heavy atom. The van der Waals surface area contributed by atoms with Crippen LogP contribution in [0.1, 0.15) is 11.1 Å². The van der Waals surface area contributed by atoms with Crippen molar-refractivity contribution in [2.24, 2.45) is 0 Å². The van der Waals surface area contributed by atoms with Gasteiger partial charge in [0.1, 0.15) is 5.75 Å². The average Bonchev–Trinajstić information content (AvgIpc) is 2.59. The molecule has 2 aromatic carbocycles. The van der Waals surface area contributed by atoms with E-state index in [1.807, 2.05) is 0 Å². The topological polar surface area (TPSA) is 72.5 Å². The summed E-state index contributed by atoms with van der Waals surface area (Å²) < 4.78 is 69.8. The number of alkyl halides is 3. The molecule has 0 fully saturated rings. The first kappa shape index (κ1) is 20.5. The van der Waals surface area contributed by atoms with Crippen LogP contribution in [0.5, 0.6) is 5.75 Å². The predicted molar refractivity (Wildman–Crippen MR) is 93.5 cm³/mol. The first-order valence-electron chi connectivity index (χ1n) is 7.60. The van der Waals surface area contributed by atoms with Gasteiger partial charge >= 0.3 is 6.18 Å².